The average Bonchev–Trinajstić information content (AvgIpc) is 3.24. The zero-order valence-electron chi connectivity index (χ0n) is 17.4. The molecule has 2 aromatic carbocycles. The maximum absolute atomic E-state index is 12.8. The molecule has 0 bridgehead atoms. The van der Waals surface area contributed by atoms with Gasteiger partial charge in [0.15, 0.2) is 6.61 Å². The zero-order valence-corrected chi connectivity index (χ0v) is 17.4. The van der Waals surface area contributed by atoms with Crippen LogP contribution in [0.1, 0.15) is 24.2 Å². The summed E-state index contributed by atoms with van der Waals surface area (Å²) < 4.78 is 6.80. The van der Waals surface area contributed by atoms with E-state index < -0.39 is 24.5 Å². The molecule has 3 rings (SSSR count). The van der Waals surface area contributed by atoms with Crippen molar-refractivity contribution in [2.75, 3.05) is 13.2 Å². The molecule has 0 aliphatic carbocycles. The number of carbonyl (C=O) groups excluding carboxylic acids is 3. The first kappa shape index (κ1) is 21.8. The number of hydrogen-bond donors (Lipinski definition) is 2. The van der Waals surface area contributed by atoms with Crippen LogP contribution < -0.4 is 10.6 Å². The Morgan fingerprint density at radius 1 is 1.03 bits per heavy atom. The van der Waals surface area contributed by atoms with Crippen molar-refractivity contribution in [1.82, 2.24) is 20.4 Å². The predicted molar refractivity (Wildman–Crippen MR) is 116 cm³/mol. The first-order valence-electron chi connectivity index (χ1n) is 9.94. The van der Waals surface area contributed by atoms with Gasteiger partial charge in [0.25, 0.3) is 5.91 Å². The van der Waals surface area contributed by atoms with Crippen LogP contribution in [0.3, 0.4) is 0 Å². The SMILES string of the molecule is CCNC(=O)[C@H](C)NC(=O)COC(=O)c1cn(-c2ccccc2)nc1-c1ccccc1. The Balaban J connectivity index is 1.76. The molecule has 1 aromatic heterocycles. The molecule has 1 atom stereocenters. The Bertz CT molecular complexity index is 1050. The van der Waals surface area contributed by atoms with E-state index in [9.17, 15) is 14.4 Å². The number of para-hydroxylation sites is 1. The molecule has 3 aromatic rings. The van der Waals surface area contributed by atoms with Crippen molar-refractivity contribution in [1.29, 1.82) is 0 Å². The first-order chi connectivity index (χ1) is 15.0. The number of hydrogen-bond acceptors (Lipinski definition) is 5. The number of rotatable bonds is 8. The van der Waals surface area contributed by atoms with Crippen LogP contribution in [0.15, 0.2) is 66.9 Å². The van der Waals surface area contributed by atoms with E-state index in [2.05, 4.69) is 15.7 Å². The lowest BCUT2D eigenvalue weighted by molar-refractivity contribution is -0.130. The highest BCUT2D eigenvalue weighted by molar-refractivity contribution is 5.97. The average molecular weight is 420 g/mol. The van der Waals surface area contributed by atoms with Gasteiger partial charge in [-0.05, 0) is 26.0 Å². The Kier molecular flexibility index (Phi) is 7.16. The molecule has 2 N–H and O–H groups in total. The smallest absolute Gasteiger partial charge is 0.342 e. The van der Waals surface area contributed by atoms with E-state index in [1.807, 2.05) is 60.7 Å². The highest BCUT2D eigenvalue weighted by Gasteiger charge is 2.22. The van der Waals surface area contributed by atoms with Crippen molar-refractivity contribution in [2.45, 2.75) is 19.9 Å². The summed E-state index contributed by atoms with van der Waals surface area (Å²) in [5.41, 5.74) is 2.22. The summed E-state index contributed by atoms with van der Waals surface area (Å²) in [7, 11) is 0. The molecule has 31 heavy (non-hydrogen) atoms. The molecule has 160 valence electrons. The van der Waals surface area contributed by atoms with Gasteiger partial charge in [-0.25, -0.2) is 9.48 Å². The van der Waals surface area contributed by atoms with Crippen LogP contribution in [0.4, 0.5) is 0 Å². The van der Waals surface area contributed by atoms with Gasteiger partial charge in [-0.2, -0.15) is 5.10 Å². The first-order valence-corrected chi connectivity index (χ1v) is 9.94. The molecular formula is C23H24N4O4. The minimum Gasteiger partial charge on any atom is -0.452 e. The summed E-state index contributed by atoms with van der Waals surface area (Å²) >= 11 is 0. The molecule has 1 heterocycles. The number of ether oxygens (including phenoxy) is 1. The van der Waals surface area contributed by atoms with Gasteiger partial charge in [0.1, 0.15) is 17.3 Å². The van der Waals surface area contributed by atoms with Crippen LogP contribution in [0, 0.1) is 0 Å². The monoisotopic (exact) mass is 420 g/mol. The lowest BCUT2D eigenvalue weighted by Gasteiger charge is -2.13. The highest BCUT2D eigenvalue weighted by atomic mass is 16.5. The molecule has 8 heteroatoms. The fourth-order valence-corrected chi connectivity index (χ4v) is 2.93. The number of nitrogens with one attached hydrogen (secondary N) is 2. The van der Waals surface area contributed by atoms with Crippen LogP contribution in [0.5, 0.6) is 0 Å². The van der Waals surface area contributed by atoms with Gasteiger partial charge in [0.05, 0.1) is 5.69 Å². The van der Waals surface area contributed by atoms with Gasteiger partial charge >= 0.3 is 5.97 Å². The molecule has 0 aliphatic heterocycles. The minimum absolute atomic E-state index is 0.236. The topological polar surface area (TPSA) is 102 Å². The van der Waals surface area contributed by atoms with Gasteiger partial charge in [-0.15, -0.1) is 0 Å². The number of carbonyl (C=O) groups is 3. The second-order valence-electron chi connectivity index (χ2n) is 6.80. The molecule has 0 radical (unpaired) electrons. The van der Waals surface area contributed by atoms with E-state index in [1.165, 1.54) is 0 Å². The predicted octanol–water partition coefficient (Wildman–Crippen LogP) is 2.34. The van der Waals surface area contributed by atoms with E-state index in [1.54, 1.807) is 24.7 Å². The lowest BCUT2D eigenvalue weighted by Crippen LogP contribution is -2.46. The molecule has 0 fully saturated rings. The van der Waals surface area contributed by atoms with Crippen molar-refractivity contribution in [3.05, 3.63) is 72.4 Å². The number of nitrogens with zero attached hydrogens (tertiary/aromatic N) is 2. The number of aromatic nitrogens is 2. The third-order valence-electron chi connectivity index (χ3n) is 4.46. The summed E-state index contributed by atoms with van der Waals surface area (Å²) in [6.07, 6.45) is 1.58. The summed E-state index contributed by atoms with van der Waals surface area (Å²) in [5, 5.41) is 9.67. The molecule has 0 saturated heterocycles. The molecule has 0 saturated carbocycles. The Hall–Kier alpha value is -3.94. The van der Waals surface area contributed by atoms with E-state index in [0.29, 0.717) is 12.2 Å². The fraction of sp³-hybridized carbons (Fsp3) is 0.217. The van der Waals surface area contributed by atoms with Crippen molar-refractivity contribution in [3.8, 4) is 16.9 Å². The molecule has 2 amide bonds. The van der Waals surface area contributed by atoms with Gasteiger partial charge in [0, 0.05) is 18.3 Å². The molecule has 0 spiro atoms. The molecule has 8 nitrogen and oxygen atoms in total. The fourth-order valence-electron chi connectivity index (χ4n) is 2.93. The Labute approximate surface area is 180 Å². The van der Waals surface area contributed by atoms with Crippen molar-refractivity contribution in [2.24, 2.45) is 0 Å². The number of benzene rings is 2. The summed E-state index contributed by atoms with van der Waals surface area (Å²) in [4.78, 5) is 36.6. The van der Waals surface area contributed by atoms with E-state index in [4.69, 9.17) is 4.74 Å². The van der Waals surface area contributed by atoms with Crippen LogP contribution in [0.25, 0.3) is 16.9 Å². The van der Waals surface area contributed by atoms with E-state index in [0.717, 1.165) is 11.3 Å². The van der Waals surface area contributed by atoms with Crippen LogP contribution in [-0.4, -0.2) is 46.8 Å². The zero-order chi connectivity index (χ0) is 22.2. The number of esters is 1. The van der Waals surface area contributed by atoms with Crippen LogP contribution in [0.2, 0.25) is 0 Å². The Morgan fingerprint density at radius 2 is 1.68 bits per heavy atom. The third-order valence-corrected chi connectivity index (χ3v) is 4.46. The largest absolute Gasteiger partial charge is 0.452 e. The van der Waals surface area contributed by atoms with E-state index in [-0.39, 0.29) is 11.5 Å². The maximum atomic E-state index is 12.8. The van der Waals surface area contributed by atoms with Crippen LogP contribution >= 0.6 is 0 Å². The molecular weight excluding hydrogens is 396 g/mol. The standard InChI is InChI=1S/C23H24N4O4/c1-3-24-22(29)16(2)25-20(28)15-31-23(30)19-14-27(18-12-8-5-9-13-18)26-21(19)17-10-6-4-7-11-17/h4-14,16H,3,15H2,1-2H3,(H,24,29)(H,25,28)/t16-/m0/s1. The van der Waals surface area contributed by atoms with Gasteiger partial charge in [-0.1, -0.05) is 48.5 Å². The van der Waals surface area contributed by atoms with Crippen molar-refractivity contribution < 1.29 is 19.1 Å². The number of amides is 2. The van der Waals surface area contributed by atoms with Crippen molar-refractivity contribution >= 4 is 17.8 Å². The van der Waals surface area contributed by atoms with Crippen molar-refractivity contribution in [3.63, 3.8) is 0 Å². The second-order valence-corrected chi connectivity index (χ2v) is 6.80. The molecule has 0 unspecified atom stereocenters. The highest BCUT2D eigenvalue weighted by Crippen LogP contribution is 2.24. The Morgan fingerprint density at radius 3 is 2.32 bits per heavy atom. The molecule has 0 aliphatic rings. The number of likely N-dealkylation sites (N-methyl/N-ethyl adjacent to an activating group) is 1. The lowest BCUT2D eigenvalue weighted by atomic mass is 10.1. The summed E-state index contributed by atoms with van der Waals surface area (Å²) in [5.74, 6) is -1.55. The normalized spacial score (nSPS) is 11.4. The van der Waals surface area contributed by atoms with Crippen LogP contribution in [-0.2, 0) is 14.3 Å². The third kappa shape index (κ3) is 5.57. The summed E-state index contributed by atoms with van der Waals surface area (Å²) in [6.45, 7) is 3.30. The van der Waals surface area contributed by atoms with Gasteiger partial charge < -0.3 is 15.4 Å². The van der Waals surface area contributed by atoms with Gasteiger partial charge in [-0.3, -0.25) is 9.59 Å². The minimum atomic E-state index is -0.730. The van der Waals surface area contributed by atoms with Gasteiger partial charge in [0.2, 0.25) is 5.91 Å². The van der Waals surface area contributed by atoms with E-state index >= 15 is 0 Å². The quantitative estimate of drug-likeness (QED) is 0.545. The second kappa shape index (κ2) is 10.2. The summed E-state index contributed by atoms with van der Waals surface area (Å²) in [6, 6.07) is 17.9. The maximum Gasteiger partial charge on any atom is 0.342 e.